The number of rotatable bonds is 7. The molecule has 27 heavy (non-hydrogen) atoms. The Morgan fingerprint density at radius 3 is 2.74 bits per heavy atom. The molecule has 0 spiro atoms. The summed E-state index contributed by atoms with van der Waals surface area (Å²) in [7, 11) is 1.63. The maximum Gasteiger partial charge on any atom is 0.227 e. The predicted octanol–water partition coefficient (Wildman–Crippen LogP) is 2.16. The lowest BCUT2D eigenvalue weighted by atomic mass is 10.1. The van der Waals surface area contributed by atoms with Crippen LogP contribution < -0.4 is 4.74 Å². The van der Waals surface area contributed by atoms with Crippen molar-refractivity contribution in [1.29, 1.82) is 0 Å². The number of hydrogen-bond donors (Lipinski definition) is 0. The molecule has 1 saturated heterocycles. The Hall–Kier alpha value is -2.41. The monoisotopic (exact) mass is 372 g/mol. The van der Waals surface area contributed by atoms with E-state index in [1.807, 2.05) is 29.2 Å². The third-order valence-electron chi connectivity index (χ3n) is 4.67. The fourth-order valence-electron chi connectivity index (χ4n) is 3.21. The topological polar surface area (TPSA) is 71.7 Å². The van der Waals surface area contributed by atoms with Crippen LogP contribution in [0, 0.1) is 5.92 Å². The summed E-state index contributed by atoms with van der Waals surface area (Å²) >= 11 is 0. The van der Waals surface area contributed by atoms with Gasteiger partial charge in [-0.3, -0.25) is 9.69 Å². The molecule has 146 valence electrons. The van der Waals surface area contributed by atoms with Crippen molar-refractivity contribution in [2.45, 2.75) is 33.2 Å². The van der Waals surface area contributed by atoms with Gasteiger partial charge in [0.2, 0.25) is 11.8 Å². The van der Waals surface area contributed by atoms with E-state index in [9.17, 15) is 4.79 Å². The van der Waals surface area contributed by atoms with Crippen LogP contribution in [0.25, 0.3) is 0 Å². The SMILES string of the molecule is COc1cccc(CC(=O)N2CCN(Cc3noc(CC(C)C)n3)CC2)c1. The molecule has 1 amide bonds. The molecule has 1 aliphatic heterocycles. The molecule has 1 aromatic carbocycles. The molecule has 7 heteroatoms. The van der Waals surface area contributed by atoms with Gasteiger partial charge in [0, 0.05) is 32.6 Å². The Morgan fingerprint density at radius 1 is 1.26 bits per heavy atom. The molecule has 0 aliphatic carbocycles. The van der Waals surface area contributed by atoms with Crippen LogP contribution in [0.15, 0.2) is 28.8 Å². The highest BCUT2D eigenvalue weighted by Crippen LogP contribution is 2.15. The summed E-state index contributed by atoms with van der Waals surface area (Å²) in [5, 5.41) is 4.07. The number of carbonyl (C=O) groups excluding carboxylic acids is 1. The molecule has 2 heterocycles. The van der Waals surface area contributed by atoms with Crippen LogP contribution in [-0.4, -0.2) is 59.1 Å². The van der Waals surface area contributed by atoms with E-state index < -0.39 is 0 Å². The van der Waals surface area contributed by atoms with Crippen LogP contribution in [0.2, 0.25) is 0 Å². The normalized spacial score (nSPS) is 15.3. The van der Waals surface area contributed by atoms with Gasteiger partial charge in [0.05, 0.1) is 20.1 Å². The number of ether oxygens (including phenoxy) is 1. The minimum atomic E-state index is 0.154. The van der Waals surface area contributed by atoms with Crippen molar-refractivity contribution in [3.8, 4) is 5.75 Å². The van der Waals surface area contributed by atoms with Gasteiger partial charge in [0.1, 0.15) is 5.75 Å². The zero-order valence-electron chi connectivity index (χ0n) is 16.4. The van der Waals surface area contributed by atoms with Crippen molar-refractivity contribution in [3.63, 3.8) is 0 Å². The van der Waals surface area contributed by atoms with E-state index in [-0.39, 0.29) is 5.91 Å². The molecule has 0 atom stereocenters. The Kier molecular flexibility index (Phi) is 6.45. The van der Waals surface area contributed by atoms with Crippen molar-refractivity contribution in [2.75, 3.05) is 33.3 Å². The Bertz CT molecular complexity index is 751. The van der Waals surface area contributed by atoms with Gasteiger partial charge >= 0.3 is 0 Å². The molecule has 1 aliphatic rings. The van der Waals surface area contributed by atoms with Gasteiger partial charge in [-0.25, -0.2) is 0 Å². The van der Waals surface area contributed by atoms with Gasteiger partial charge in [0.25, 0.3) is 0 Å². The average molecular weight is 372 g/mol. The minimum Gasteiger partial charge on any atom is -0.497 e. The summed E-state index contributed by atoms with van der Waals surface area (Å²) in [6.45, 7) is 8.01. The van der Waals surface area contributed by atoms with E-state index in [4.69, 9.17) is 9.26 Å². The maximum atomic E-state index is 12.6. The third kappa shape index (κ3) is 5.53. The number of aromatic nitrogens is 2. The first-order chi connectivity index (χ1) is 13.0. The van der Waals surface area contributed by atoms with Crippen LogP contribution in [0.4, 0.5) is 0 Å². The Labute approximate surface area is 160 Å². The van der Waals surface area contributed by atoms with Crippen LogP contribution >= 0.6 is 0 Å². The average Bonchev–Trinajstić information content (AvgIpc) is 3.08. The summed E-state index contributed by atoms with van der Waals surface area (Å²) in [6.07, 6.45) is 1.21. The number of carbonyl (C=O) groups is 1. The van der Waals surface area contributed by atoms with E-state index in [2.05, 4.69) is 28.9 Å². The highest BCUT2D eigenvalue weighted by Gasteiger charge is 2.22. The Balaban J connectivity index is 1.46. The Morgan fingerprint density at radius 2 is 2.04 bits per heavy atom. The molecule has 2 aromatic rings. The van der Waals surface area contributed by atoms with Gasteiger partial charge < -0.3 is 14.2 Å². The van der Waals surface area contributed by atoms with Crippen molar-refractivity contribution >= 4 is 5.91 Å². The molecular weight excluding hydrogens is 344 g/mol. The van der Waals surface area contributed by atoms with E-state index in [0.29, 0.717) is 24.8 Å². The van der Waals surface area contributed by atoms with Gasteiger partial charge in [0.15, 0.2) is 5.82 Å². The van der Waals surface area contributed by atoms with E-state index in [1.165, 1.54) is 0 Å². The second kappa shape index (κ2) is 8.99. The van der Waals surface area contributed by atoms with Crippen molar-refractivity contribution in [2.24, 2.45) is 5.92 Å². The predicted molar refractivity (Wildman–Crippen MR) is 101 cm³/mol. The van der Waals surface area contributed by atoms with E-state index in [0.717, 1.165) is 49.7 Å². The fourth-order valence-corrected chi connectivity index (χ4v) is 3.21. The summed E-state index contributed by atoms with van der Waals surface area (Å²) in [6, 6.07) is 7.68. The molecule has 0 N–H and O–H groups in total. The smallest absolute Gasteiger partial charge is 0.227 e. The molecular formula is C20H28N4O3. The van der Waals surface area contributed by atoms with Crippen molar-refractivity contribution in [1.82, 2.24) is 19.9 Å². The zero-order valence-corrected chi connectivity index (χ0v) is 16.4. The van der Waals surface area contributed by atoms with Gasteiger partial charge in [-0.05, 0) is 23.6 Å². The number of nitrogens with zero attached hydrogens (tertiary/aromatic N) is 4. The lowest BCUT2D eigenvalue weighted by Crippen LogP contribution is -2.48. The highest BCUT2D eigenvalue weighted by atomic mass is 16.5. The first kappa shape index (κ1) is 19.4. The van der Waals surface area contributed by atoms with Crippen molar-refractivity contribution < 1.29 is 14.1 Å². The molecule has 0 saturated carbocycles. The first-order valence-electron chi connectivity index (χ1n) is 9.48. The zero-order chi connectivity index (χ0) is 19.2. The number of hydrogen-bond acceptors (Lipinski definition) is 6. The van der Waals surface area contributed by atoms with E-state index in [1.54, 1.807) is 7.11 Å². The molecule has 1 fully saturated rings. The summed E-state index contributed by atoms with van der Waals surface area (Å²) in [5.41, 5.74) is 0.978. The van der Waals surface area contributed by atoms with Crippen molar-refractivity contribution in [3.05, 3.63) is 41.5 Å². The minimum absolute atomic E-state index is 0.154. The van der Waals surface area contributed by atoms with Crippen LogP contribution in [-0.2, 0) is 24.2 Å². The van der Waals surface area contributed by atoms with Gasteiger partial charge in [-0.2, -0.15) is 4.98 Å². The lowest BCUT2D eigenvalue weighted by Gasteiger charge is -2.34. The molecule has 0 unspecified atom stereocenters. The van der Waals surface area contributed by atoms with Crippen LogP contribution in [0.1, 0.15) is 31.1 Å². The number of piperazine rings is 1. The summed E-state index contributed by atoms with van der Waals surface area (Å²) in [4.78, 5) is 21.2. The standard InChI is InChI=1S/C20H28N4O3/c1-15(2)11-19-21-18(22-27-19)14-23-7-9-24(10-8-23)20(25)13-16-5-4-6-17(12-16)26-3/h4-6,12,15H,7-11,13-14H2,1-3H3. The third-order valence-corrected chi connectivity index (χ3v) is 4.67. The first-order valence-corrected chi connectivity index (χ1v) is 9.48. The quantitative estimate of drug-likeness (QED) is 0.742. The molecule has 0 radical (unpaired) electrons. The second-order valence-electron chi connectivity index (χ2n) is 7.39. The lowest BCUT2D eigenvalue weighted by molar-refractivity contribution is -0.132. The maximum absolute atomic E-state index is 12.6. The molecule has 1 aromatic heterocycles. The molecule has 3 rings (SSSR count). The number of methoxy groups -OCH3 is 1. The summed E-state index contributed by atoms with van der Waals surface area (Å²) < 4.78 is 10.5. The summed E-state index contributed by atoms with van der Waals surface area (Å²) in [5.74, 6) is 2.86. The van der Waals surface area contributed by atoms with Gasteiger partial charge in [-0.15, -0.1) is 0 Å². The van der Waals surface area contributed by atoms with E-state index >= 15 is 0 Å². The second-order valence-corrected chi connectivity index (χ2v) is 7.39. The largest absolute Gasteiger partial charge is 0.497 e. The number of benzene rings is 1. The van der Waals surface area contributed by atoms with Crippen LogP contribution in [0.5, 0.6) is 5.75 Å². The van der Waals surface area contributed by atoms with Gasteiger partial charge in [-0.1, -0.05) is 31.1 Å². The molecule has 0 bridgehead atoms. The highest BCUT2D eigenvalue weighted by molar-refractivity contribution is 5.79. The number of amides is 1. The fraction of sp³-hybridized carbons (Fsp3) is 0.550. The molecule has 7 nitrogen and oxygen atoms in total. The van der Waals surface area contributed by atoms with Crippen LogP contribution in [0.3, 0.4) is 0 Å².